The number of rotatable bonds is 4. The molecule has 0 saturated heterocycles. The molecule has 0 spiro atoms. The summed E-state index contributed by atoms with van der Waals surface area (Å²) in [5.41, 5.74) is 7.88. The molecule has 4 nitrogen and oxygen atoms in total. The molecule has 0 aliphatic heterocycles. The van der Waals surface area contributed by atoms with E-state index in [9.17, 15) is 0 Å². The van der Waals surface area contributed by atoms with Crippen molar-refractivity contribution in [3.63, 3.8) is 0 Å². The molecule has 0 unspecified atom stereocenters. The van der Waals surface area contributed by atoms with Crippen LogP contribution in [0.3, 0.4) is 0 Å². The quantitative estimate of drug-likeness (QED) is 0.198. The zero-order valence-corrected chi connectivity index (χ0v) is 24.4. The Kier molecular flexibility index (Phi) is 5.25. The molecule has 3 aromatic heterocycles. The van der Waals surface area contributed by atoms with Gasteiger partial charge in [-0.1, -0.05) is 72.8 Å². The average molecular weight is 570 g/mol. The van der Waals surface area contributed by atoms with Crippen LogP contribution in [0.25, 0.3) is 65.3 Å². The van der Waals surface area contributed by atoms with Crippen LogP contribution >= 0.6 is 0 Å². The molecule has 5 heteroatoms. The Hall–Kier alpha value is -5.39. The van der Waals surface area contributed by atoms with Crippen LogP contribution in [0.2, 0.25) is 0 Å². The number of oxazole rings is 1. The molecule has 0 radical (unpaired) electrons. The number of nitrogens with zero attached hydrogens (tertiary/aromatic N) is 2. The molecule has 3 heterocycles. The van der Waals surface area contributed by atoms with E-state index >= 15 is 0 Å². The minimum absolute atomic E-state index is 0.629. The fraction of sp³-hybridized carbons (Fsp3) is 0.0263. The average Bonchev–Trinajstić information content (AvgIpc) is 3.74. The first-order chi connectivity index (χ1) is 21.2. The van der Waals surface area contributed by atoms with Gasteiger partial charge in [-0.2, -0.15) is 16.5 Å². The van der Waals surface area contributed by atoms with E-state index in [1.807, 2.05) is 30.3 Å². The number of furan rings is 1. The van der Waals surface area contributed by atoms with E-state index < -0.39 is 8.40 Å². The normalized spacial score (nSPS) is 11.8. The third-order valence-electron chi connectivity index (χ3n) is 8.57. The molecule has 0 amide bonds. The standard InChI is InChI=1S/C38H25N2O2Si/c1-43-34-22-21-29-28-11-5-7-13-32(28)41-37(29)36(34)30-20-19-27(23-35(30)43)40(25-9-3-2-4-10-25)26-17-15-24(16-18-26)38-39-31-12-6-8-14-33(31)42-38/h2-23H,1H3/q-1. The van der Waals surface area contributed by atoms with Crippen LogP contribution in [0.1, 0.15) is 0 Å². The van der Waals surface area contributed by atoms with Crippen molar-refractivity contribution in [2.75, 3.05) is 4.90 Å². The number of anilines is 3. The molecular formula is C38H25N2O2Si-. The molecule has 204 valence electrons. The second-order valence-corrected chi connectivity index (χ2v) is 13.3. The first kappa shape index (κ1) is 24.2. The maximum absolute atomic E-state index is 6.48. The van der Waals surface area contributed by atoms with Gasteiger partial charge in [0, 0.05) is 33.4 Å². The Bertz CT molecular complexity index is 2440. The number of benzene rings is 6. The molecule has 0 atom stereocenters. The van der Waals surface area contributed by atoms with Gasteiger partial charge >= 0.3 is 0 Å². The predicted octanol–water partition coefficient (Wildman–Crippen LogP) is 10.5. The Labute approximate surface area is 248 Å². The minimum Gasteiger partial charge on any atom is -0.456 e. The van der Waals surface area contributed by atoms with Crippen molar-refractivity contribution < 1.29 is 8.83 Å². The van der Waals surface area contributed by atoms with Gasteiger partial charge in [-0.05, 0) is 71.4 Å². The van der Waals surface area contributed by atoms with Gasteiger partial charge < -0.3 is 13.7 Å². The van der Waals surface area contributed by atoms with Crippen molar-refractivity contribution >= 4 is 79.3 Å². The highest BCUT2D eigenvalue weighted by Gasteiger charge is 2.16. The van der Waals surface area contributed by atoms with Gasteiger partial charge in [-0.25, -0.2) is 4.98 Å². The Morgan fingerprint density at radius 2 is 1.26 bits per heavy atom. The van der Waals surface area contributed by atoms with Gasteiger partial charge in [0.05, 0.1) is 0 Å². The van der Waals surface area contributed by atoms with Crippen LogP contribution in [0, 0.1) is 0 Å². The maximum Gasteiger partial charge on any atom is 0.227 e. The number of para-hydroxylation sites is 4. The van der Waals surface area contributed by atoms with Crippen molar-refractivity contribution in [3.8, 4) is 11.5 Å². The molecule has 0 aliphatic carbocycles. The zero-order chi connectivity index (χ0) is 28.5. The van der Waals surface area contributed by atoms with E-state index in [0.717, 1.165) is 44.9 Å². The smallest absolute Gasteiger partial charge is 0.227 e. The minimum atomic E-state index is -0.978. The third kappa shape index (κ3) is 3.72. The maximum atomic E-state index is 6.48. The number of hydrogen-bond acceptors (Lipinski definition) is 4. The monoisotopic (exact) mass is 569 g/mol. The van der Waals surface area contributed by atoms with Crippen LogP contribution in [0.15, 0.2) is 142 Å². The van der Waals surface area contributed by atoms with Gasteiger partial charge in [-0.3, -0.25) is 8.40 Å². The molecule has 0 bridgehead atoms. The van der Waals surface area contributed by atoms with Crippen LogP contribution in [0.5, 0.6) is 0 Å². The van der Waals surface area contributed by atoms with E-state index in [-0.39, 0.29) is 0 Å². The van der Waals surface area contributed by atoms with Crippen molar-refractivity contribution in [3.05, 3.63) is 133 Å². The second-order valence-electron chi connectivity index (χ2n) is 11.0. The molecule has 0 saturated carbocycles. The summed E-state index contributed by atoms with van der Waals surface area (Å²) in [6.07, 6.45) is 0. The molecule has 0 N–H and O–H groups in total. The highest BCUT2D eigenvalue weighted by Crippen LogP contribution is 2.42. The number of aryl methyl sites for hydroxylation is 1. The lowest BCUT2D eigenvalue weighted by Crippen LogP contribution is -2.09. The van der Waals surface area contributed by atoms with Gasteiger partial charge in [0.1, 0.15) is 16.7 Å². The molecule has 0 aliphatic rings. The third-order valence-corrected chi connectivity index (χ3v) is 11.0. The van der Waals surface area contributed by atoms with Crippen molar-refractivity contribution in [1.29, 1.82) is 0 Å². The molecular weight excluding hydrogens is 545 g/mol. The highest BCUT2D eigenvalue weighted by atomic mass is 28.2. The lowest BCUT2D eigenvalue weighted by Gasteiger charge is -2.26. The summed E-state index contributed by atoms with van der Waals surface area (Å²) < 4.78 is 12.5. The van der Waals surface area contributed by atoms with Crippen molar-refractivity contribution in [1.82, 2.24) is 4.98 Å². The zero-order valence-electron chi connectivity index (χ0n) is 23.4. The summed E-state index contributed by atoms with van der Waals surface area (Å²) in [4.78, 5) is 9.84. The summed E-state index contributed by atoms with van der Waals surface area (Å²) in [6.45, 7) is 2.40. The lowest BCUT2D eigenvalue weighted by atomic mass is 10.1. The fourth-order valence-electron chi connectivity index (χ4n) is 6.49. The summed E-state index contributed by atoms with van der Waals surface area (Å²) in [7, 11) is -0.978. The lowest BCUT2D eigenvalue weighted by molar-refractivity contribution is 0.620. The summed E-state index contributed by atoms with van der Waals surface area (Å²) >= 11 is 0. The summed E-state index contributed by atoms with van der Waals surface area (Å²) in [5.74, 6) is 0.629. The van der Waals surface area contributed by atoms with E-state index in [1.54, 1.807) is 0 Å². The Balaban J connectivity index is 1.20. The Morgan fingerprint density at radius 3 is 2.09 bits per heavy atom. The fourth-order valence-corrected chi connectivity index (χ4v) is 8.71. The van der Waals surface area contributed by atoms with Crippen LogP contribution < -0.4 is 4.90 Å². The highest BCUT2D eigenvalue weighted by molar-refractivity contribution is 6.77. The van der Waals surface area contributed by atoms with Crippen LogP contribution in [-0.2, 0) is 6.55 Å². The SMILES string of the molecule is C[si-]1c2cc(N(c3ccccc3)c3ccc(-c4nc5ccccc5o4)cc3)ccc2c2c3oc4ccccc4c3ccc21. The molecule has 9 rings (SSSR count). The second kappa shape index (κ2) is 9.31. The molecule has 43 heavy (non-hydrogen) atoms. The van der Waals surface area contributed by atoms with E-state index in [4.69, 9.17) is 13.8 Å². The van der Waals surface area contributed by atoms with Gasteiger partial charge in [-0.15, -0.1) is 0 Å². The predicted molar refractivity (Wildman–Crippen MR) is 179 cm³/mol. The Morgan fingerprint density at radius 1 is 0.558 bits per heavy atom. The first-order valence-corrected chi connectivity index (χ1v) is 16.5. The van der Waals surface area contributed by atoms with Gasteiger partial charge in [0.15, 0.2) is 5.58 Å². The molecule has 0 fully saturated rings. The van der Waals surface area contributed by atoms with Crippen LogP contribution in [0.4, 0.5) is 17.1 Å². The topological polar surface area (TPSA) is 42.4 Å². The van der Waals surface area contributed by atoms with Crippen molar-refractivity contribution in [2.24, 2.45) is 6.55 Å². The van der Waals surface area contributed by atoms with E-state index in [0.29, 0.717) is 5.89 Å². The van der Waals surface area contributed by atoms with Gasteiger partial charge in [0.25, 0.3) is 0 Å². The van der Waals surface area contributed by atoms with Crippen LogP contribution in [-0.4, -0.2) is 13.4 Å². The first-order valence-electron chi connectivity index (χ1n) is 14.5. The largest absolute Gasteiger partial charge is 0.456 e. The summed E-state index contributed by atoms with van der Waals surface area (Å²) in [6, 6.07) is 46.7. The van der Waals surface area contributed by atoms with E-state index in [2.05, 4.69) is 115 Å². The van der Waals surface area contributed by atoms with Gasteiger partial charge in [0.2, 0.25) is 5.89 Å². The summed E-state index contributed by atoms with van der Waals surface area (Å²) in [5, 5.41) is 4.91. The number of fused-ring (bicyclic) bond motifs is 8. The molecule has 6 aromatic carbocycles. The van der Waals surface area contributed by atoms with Crippen molar-refractivity contribution in [2.45, 2.75) is 0 Å². The number of aromatic nitrogens is 1. The molecule has 9 aromatic rings. The number of hydrogen-bond donors (Lipinski definition) is 0. The van der Waals surface area contributed by atoms with E-state index in [1.165, 1.54) is 31.5 Å².